The summed E-state index contributed by atoms with van der Waals surface area (Å²) in [5.74, 6) is 0.178. The van der Waals surface area contributed by atoms with E-state index in [9.17, 15) is 23.5 Å². The number of halogens is 2. The van der Waals surface area contributed by atoms with Crippen LogP contribution in [0.2, 0.25) is 0 Å². The number of hydrogen-bond acceptors (Lipinski definition) is 6. The highest BCUT2D eigenvalue weighted by atomic mass is 19.3. The first-order valence-corrected chi connectivity index (χ1v) is 11.1. The van der Waals surface area contributed by atoms with Crippen molar-refractivity contribution in [2.24, 2.45) is 7.05 Å². The summed E-state index contributed by atoms with van der Waals surface area (Å²) in [4.78, 5) is 30.9. The van der Waals surface area contributed by atoms with Gasteiger partial charge < -0.3 is 14.4 Å². The maximum Gasteiger partial charge on any atom is 0.394 e. The number of hydrogen-bond donors (Lipinski definition) is 1. The summed E-state index contributed by atoms with van der Waals surface area (Å²) in [5.41, 5.74) is 0.711. The SMILES string of the molecule is Cn1c(=O)n(CCCO)c(=O)c2c1nc(-c1cccc(OC(C)(F)F)c1)n2Cc1ccc(C#N)cc1. The van der Waals surface area contributed by atoms with Gasteiger partial charge in [-0.05, 0) is 36.2 Å². The Kier molecular flexibility index (Phi) is 6.72. The first kappa shape index (κ1) is 24.8. The molecule has 2 heterocycles. The molecule has 2 aromatic heterocycles. The number of alkyl halides is 2. The van der Waals surface area contributed by atoms with Gasteiger partial charge in [-0.3, -0.25) is 13.9 Å². The quantitative estimate of drug-likeness (QED) is 0.402. The van der Waals surface area contributed by atoms with E-state index in [-0.39, 0.29) is 48.9 Å². The van der Waals surface area contributed by atoms with Crippen molar-refractivity contribution >= 4 is 11.2 Å². The van der Waals surface area contributed by atoms with Crippen molar-refractivity contribution in [2.75, 3.05) is 6.61 Å². The Balaban J connectivity index is 1.97. The maximum absolute atomic E-state index is 13.5. The highest BCUT2D eigenvalue weighted by Crippen LogP contribution is 2.29. The molecule has 0 radical (unpaired) electrons. The molecule has 0 aliphatic heterocycles. The van der Waals surface area contributed by atoms with Crippen molar-refractivity contribution in [3.63, 3.8) is 0 Å². The van der Waals surface area contributed by atoms with Crippen LogP contribution in [-0.4, -0.2) is 36.5 Å². The van der Waals surface area contributed by atoms with Crippen LogP contribution in [0.4, 0.5) is 8.78 Å². The Morgan fingerprint density at radius 1 is 1.14 bits per heavy atom. The molecule has 186 valence electrons. The minimum absolute atomic E-state index is 0.0181. The lowest BCUT2D eigenvalue weighted by molar-refractivity contribution is -0.158. The molecular formula is C25H23F2N5O4. The van der Waals surface area contributed by atoms with Crippen LogP contribution >= 0.6 is 0 Å². The van der Waals surface area contributed by atoms with Gasteiger partial charge in [0.25, 0.3) is 5.56 Å². The fourth-order valence-corrected chi connectivity index (χ4v) is 3.94. The van der Waals surface area contributed by atoms with E-state index in [0.29, 0.717) is 18.1 Å². The molecular weight excluding hydrogens is 472 g/mol. The standard InChI is InChI=1S/C25H23F2N5O4/c1-25(26,27)36-19-6-3-5-18(13-19)21-29-22-20(23(34)31(11-4-12-33)24(35)30(22)2)32(21)15-17-9-7-16(14-28)8-10-17/h3,5-10,13,33H,4,11-12,15H2,1-2H3. The Bertz CT molecular complexity index is 1570. The van der Waals surface area contributed by atoms with E-state index in [2.05, 4.69) is 4.98 Å². The van der Waals surface area contributed by atoms with Crippen molar-refractivity contribution in [3.05, 3.63) is 80.5 Å². The molecule has 1 N–H and O–H groups in total. The normalized spacial score (nSPS) is 11.6. The van der Waals surface area contributed by atoms with Gasteiger partial charge in [-0.2, -0.15) is 14.0 Å². The predicted molar refractivity (Wildman–Crippen MR) is 128 cm³/mol. The summed E-state index contributed by atoms with van der Waals surface area (Å²) in [6.07, 6.45) is -3.19. The molecule has 4 rings (SSSR count). The van der Waals surface area contributed by atoms with Gasteiger partial charge in [-0.1, -0.05) is 24.3 Å². The number of aliphatic hydroxyl groups excluding tert-OH is 1. The van der Waals surface area contributed by atoms with Crippen molar-refractivity contribution in [1.82, 2.24) is 18.7 Å². The van der Waals surface area contributed by atoms with E-state index in [1.807, 2.05) is 6.07 Å². The largest absolute Gasteiger partial charge is 0.433 e. The van der Waals surface area contributed by atoms with Gasteiger partial charge in [-0.25, -0.2) is 9.78 Å². The Morgan fingerprint density at radius 2 is 1.86 bits per heavy atom. The van der Waals surface area contributed by atoms with Crippen LogP contribution < -0.4 is 16.0 Å². The molecule has 0 bridgehead atoms. The van der Waals surface area contributed by atoms with Crippen molar-refractivity contribution in [3.8, 4) is 23.2 Å². The van der Waals surface area contributed by atoms with Crippen molar-refractivity contribution < 1.29 is 18.6 Å². The molecule has 0 amide bonds. The number of nitrogens with zero attached hydrogens (tertiary/aromatic N) is 5. The minimum Gasteiger partial charge on any atom is -0.433 e. The van der Waals surface area contributed by atoms with E-state index in [0.717, 1.165) is 10.1 Å². The smallest absolute Gasteiger partial charge is 0.394 e. The molecule has 0 atom stereocenters. The zero-order chi connectivity index (χ0) is 26.0. The predicted octanol–water partition coefficient (Wildman–Crippen LogP) is 2.86. The van der Waals surface area contributed by atoms with Crippen LogP contribution in [0.15, 0.2) is 58.1 Å². The fraction of sp³-hybridized carbons (Fsp3) is 0.280. The summed E-state index contributed by atoms with van der Waals surface area (Å²) < 4.78 is 35.5. The Hall–Kier alpha value is -4.30. The average Bonchev–Trinajstić information content (AvgIpc) is 3.22. The molecule has 36 heavy (non-hydrogen) atoms. The lowest BCUT2D eigenvalue weighted by Gasteiger charge is -2.14. The molecule has 9 nitrogen and oxygen atoms in total. The second-order valence-corrected chi connectivity index (χ2v) is 8.32. The molecule has 4 aromatic rings. The van der Waals surface area contributed by atoms with Gasteiger partial charge in [0.1, 0.15) is 11.6 Å². The molecule has 0 unspecified atom stereocenters. The van der Waals surface area contributed by atoms with Crippen LogP contribution in [0.5, 0.6) is 5.75 Å². The van der Waals surface area contributed by atoms with Crippen LogP contribution in [0.3, 0.4) is 0 Å². The number of aliphatic hydroxyl groups is 1. The van der Waals surface area contributed by atoms with Gasteiger partial charge in [0.2, 0.25) is 0 Å². The number of rotatable bonds is 8. The van der Waals surface area contributed by atoms with Gasteiger partial charge in [-0.15, -0.1) is 0 Å². The van der Waals surface area contributed by atoms with E-state index >= 15 is 0 Å². The maximum atomic E-state index is 13.5. The summed E-state index contributed by atoms with van der Waals surface area (Å²) in [5, 5.41) is 18.3. The van der Waals surface area contributed by atoms with Gasteiger partial charge in [0.15, 0.2) is 11.2 Å². The third kappa shape index (κ3) is 4.89. The summed E-state index contributed by atoms with van der Waals surface area (Å²) >= 11 is 0. The van der Waals surface area contributed by atoms with Gasteiger partial charge in [0.05, 0.1) is 11.6 Å². The zero-order valence-corrected chi connectivity index (χ0v) is 19.6. The third-order valence-electron chi connectivity index (χ3n) is 5.59. The average molecular weight is 495 g/mol. The summed E-state index contributed by atoms with van der Waals surface area (Å²) in [6, 6.07) is 14.7. The van der Waals surface area contributed by atoms with Crippen LogP contribution in [0.1, 0.15) is 24.5 Å². The molecule has 2 aromatic carbocycles. The molecule has 0 saturated heterocycles. The monoisotopic (exact) mass is 495 g/mol. The number of imidazole rings is 1. The highest BCUT2D eigenvalue weighted by molar-refractivity contribution is 5.77. The van der Waals surface area contributed by atoms with Crippen molar-refractivity contribution in [1.29, 1.82) is 5.26 Å². The second-order valence-electron chi connectivity index (χ2n) is 8.32. The minimum atomic E-state index is -3.40. The number of fused-ring (bicyclic) bond motifs is 1. The number of nitriles is 1. The number of benzene rings is 2. The summed E-state index contributed by atoms with van der Waals surface area (Å²) in [6.45, 7) is 0.604. The van der Waals surface area contributed by atoms with Crippen LogP contribution in [0, 0.1) is 11.3 Å². The molecule has 11 heteroatoms. The molecule has 0 saturated carbocycles. The van der Waals surface area contributed by atoms with Gasteiger partial charge in [0, 0.05) is 39.2 Å². The second kappa shape index (κ2) is 9.75. The molecule has 0 fully saturated rings. The Labute approximate surface area is 204 Å². The van der Waals surface area contributed by atoms with Crippen LogP contribution in [0.25, 0.3) is 22.6 Å². The third-order valence-corrected chi connectivity index (χ3v) is 5.59. The number of aryl methyl sites for hydroxylation is 1. The first-order chi connectivity index (χ1) is 17.1. The Morgan fingerprint density at radius 3 is 2.50 bits per heavy atom. The molecule has 0 aliphatic rings. The van der Waals surface area contributed by atoms with Crippen molar-refractivity contribution in [2.45, 2.75) is 32.5 Å². The first-order valence-electron chi connectivity index (χ1n) is 11.1. The lowest BCUT2D eigenvalue weighted by Crippen LogP contribution is -2.39. The van der Waals surface area contributed by atoms with E-state index in [4.69, 9.17) is 10.00 Å². The fourth-order valence-electron chi connectivity index (χ4n) is 3.94. The molecule has 0 spiro atoms. The zero-order valence-electron chi connectivity index (χ0n) is 19.6. The number of ether oxygens (including phenoxy) is 1. The highest BCUT2D eigenvalue weighted by Gasteiger charge is 2.25. The number of aromatic nitrogens is 4. The topological polar surface area (TPSA) is 115 Å². The van der Waals surface area contributed by atoms with Crippen LogP contribution in [-0.2, 0) is 20.1 Å². The van der Waals surface area contributed by atoms with E-state index in [1.54, 1.807) is 34.9 Å². The van der Waals surface area contributed by atoms with Gasteiger partial charge >= 0.3 is 11.8 Å². The summed E-state index contributed by atoms with van der Waals surface area (Å²) in [7, 11) is 1.49. The lowest BCUT2D eigenvalue weighted by atomic mass is 10.1. The van der Waals surface area contributed by atoms with E-state index < -0.39 is 17.4 Å². The van der Waals surface area contributed by atoms with E-state index in [1.165, 1.54) is 29.8 Å². The molecule has 0 aliphatic carbocycles.